The number of anilines is 1. The lowest BCUT2D eigenvalue weighted by Crippen LogP contribution is -2.10. The van der Waals surface area contributed by atoms with Crippen LogP contribution in [0, 0.1) is 0 Å². The molecule has 0 aliphatic rings. The van der Waals surface area contributed by atoms with Gasteiger partial charge in [-0.05, 0) is 29.8 Å². The number of carbonyl (C=O) groups is 1. The molecule has 0 fully saturated rings. The Morgan fingerprint density at radius 3 is 2.52 bits per heavy atom. The van der Waals surface area contributed by atoms with E-state index in [-0.39, 0.29) is 11.9 Å². The molecule has 0 aliphatic carbocycles. The third-order valence-corrected chi connectivity index (χ3v) is 2.64. The van der Waals surface area contributed by atoms with Gasteiger partial charge < -0.3 is 9.47 Å². The molecular formula is C15H15N3O3. The molecule has 2 rings (SSSR count). The highest BCUT2D eigenvalue weighted by molar-refractivity contribution is 6.00. The number of ether oxygens (including phenoxy) is 2. The zero-order valence-corrected chi connectivity index (χ0v) is 11.7. The molecule has 6 heteroatoms. The van der Waals surface area contributed by atoms with Crippen LogP contribution in [0.1, 0.15) is 5.56 Å². The normalized spacial score (nSPS) is 10.4. The molecular weight excluding hydrogens is 270 g/mol. The summed E-state index contributed by atoms with van der Waals surface area (Å²) in [6.45, 7) is 0. The molecule has 1 N–H and O–H groups in total. The van der Waals surface area contributed by atoms with Crippen molar-refractivity contribution in [3.05, 3.63) is 48.3 Å². The first-order valence-corrected chi connectivity index (χ1v) is 6.21. The minimum atomic E-state index is -0.309. The average molecular weight is 285 g/mol. The molecule has 0 saturated heterocycles. The van der Waals surface area contributed by atoms with Crippen molar-refractivity contribution in [2.75, 3.05) is 19.5 Å². The number of nitrogens with one attached hydrogen (secondary N) is 1. The fourth-order valence-corrected chi connectivity index (χ4v) is 1.64. The van der Waals surface area contributed by atoms with Crippen molar-refractivity contribution in [1.82, 2.24) is 9.97 Å². The lowest BCUT2D eigenvalue weighted by atomic mass is 10.2. The molecule has 1 aromatic heterocycles. The molecule has 1 amide bonds. The minimum absolute atomic E-state index is 0.263. The van der Waals surface area contributed by atoms with E-state index in [1.165, 1.54) is 6.08 Å². The Bertz CT molecular complexity index is 642. The van der Waals surface area contributed by atoms with E-state index in [9.17, 15) is 4.79 Å². The van der Waals surface area contributed by atoms with Crippen molar-refractivity contribution in [1.29, 1.82) is 0 Å². The van der Waals surface area contributed by atoms with Crippen molar-refractivity contribution in [2.24, 2.45) is 0 Å². The summed E-state index contributed by atoms with van der Waals surface area (Å²) in [6.07, 6.45) is 6.18. The van der Waals surface area contributed by atoms with Crippen LogP contribution in [0.3, 0.4) is 0 Å². The topological polar surface area (TPSA) is 73.3 Å². The van der Waals surface area contributed by atoms with Crippen LogP contribution in [0.4, 0.5) is 5.95 Å². The number of methoxy groups -OCH3 is 2. The molecule has 0 spiro atoms. The number of benzene rings is 1. The SMILES string of the molecule is COc1ccc(/C=C\C(=O)Nc2ncccn2)cc1OC. The maximum atomic E-state index is 11.7. The Morgan fingerprint density at radius 2 is 1.86 bits per heavy atom. The Labute approximate surface area is 122 Å². The van der Waals surface area contributed by atoms with E-state index in [2.05, 4.69) is 15.3 Å². The molecule has 1 heterocycles. The van der Waals surface area contributed by atoms with Crippen LogP contribution in [0.25, 0.3) is 6.08 Å². The van der Waals surface area contributed by atoms with Gasteiger partial charge in [0.05, 0.1) is 14.2 Å². The van der Waals surface area contributed by atoms with Crippen molar-refractivity contribution < 1.29 is 14.3 Å². The lowest BCUT2D eigenvalue weighted by Gasteiger charge is -2.07. The van der Waals surface area contributed by atoms with Gasteiger partial charge in [-0.25, -0.2) is 9.97 Å². The third-order valence-electron chi connectivity index (χ3n) is 2.64. The molecule has 108 valence electrons. The van der Waals surface area contributed by atoms with Gasteiger partial charge in [0.1, 0.15) is 0 Å². The zero-order valence-electron chi connectivity index (χ0n) is 11.7. The first kappa shape index (κ1) is 14.5. The number of amides is 1. The van der Waals surface area contributed by atoms with Gasteiger partial charge >= 0.3 is 0 Å². The first-order chi connectivity index (χ1) is 10.2. The number of hydrogen-bond donors (Lipinski definition) is 1. The summed E-state index contributed by atoms with van der Waals surface area (Å²) in [6, 6.07) is 7.05. The maximum Gasteiger partial charge on any atom is 0.250 e. The van der Waals surface area contributed by atoms with Crippen molar-refractivity contribution in [2.45, 2.75) is 0 Å². The van der Waals surface area contributed by atoms with Gasteiger partial charge in [0.25, 0.3) is 5.91 Å². The number of aromatic nitrogens is 2. The van der Waals surface area contributed by atoms with Crippen molar-refractivity contribution >= 4 is 17.9 Å². The molecule has 0 bridgehead atoms. The molecule has 0 saturated carbocycles. The Hall–Kier alpha value is -2.89. The highest BCUT2D eigenvalue weighted by atomic mass is 16.5. The Kier molecular flexibility index (Phi) is 4.87. The fourth-order valence-electron chi connectivity index (χ4n) is 1.64. The number of rotatable bonds is 5. The fraction of sp³-hybridized carbons (Fsp3) is 0.133. The summed E-state index contributed by atoms with van der Waals surface area (Å²) >= 11 is 0. The van der Waals surface area contributed by atoms with E-state index in [1.807, 2.05) is 6.07 Å². The molecule has 0 atom stereocenters. The maximum absolute atomic E-state index is 11.7. The molecule has 1 aromatic carbocycles. The molecule has 0 aliphatic heterocycles. The van der Waals surface area contributed by atoms with Crippen LogP contribution < -0.4 is 14.8 Å². The lowest BCUT2D eigenvalue weighted by molar-refractivity contribution is -0.111. The van der Waals surface area contributed by atoms with Crippen LogP contribution in [-0.2, 0) is 4.79 Å². The van der Waals surface area contributed by atoms with E-state index in [0.29, 0.717) is 11.5 Å². The Balaban J connectivity index is 2.05. The summed E-state index contributed by atoms with van der Waals surface area (Å²) in [5.41, 5.74) is 0.816. The smallest absolute Gasteiger partial charge is 0.250 e. The standard InChI is InChI=1S/C15H15N3O3/c1-20-12-6-4-11(10-13(12)21-2)5-7-14(19)18-15-16-8-3-9-17-15/h3-10H,1-2H3,(H,16,17,18,19)/b7-5-. The predicted octanol–water partition coefficient (Wildman–Crippen LogP) is 2.15. The first-order valence-electron chi connectivity index (χ1n) is 6.21. The summed E-state index contributed by atoms with van der Waals surface area (Å²) in [7, 11) is 3.13. The predicted molar refractivity (Wildman–Crippen MR) is 79.2 cm³/mol. The average Bonchev–Trinajstić information content (AvgIpc) is 2.53. The van der Waals surface area contributed by atoms with Crippen LogP contribution in [0.2, 0.25) is 0 Å². The van der Waals surface area contributed by atoms with Gasteiger partial charge in [-0.15, -0.1) is 0 Å². The van der Waals surface area contributed by atoms with Crippen LogP contribution in [-0.4, -0.2) is 30.1 Å². The monoisotopic (exact) mass is 285 g/mol. The van der Waals surface area contributed by atoms with Gasteiger partial charge in [0, 0.05) is 18.5 Å². The summed E-state index contributed by atoms with van der Waals surface area (Å²) in [4.78, 5) is 19.6. The van der Waals surface area contributed by atoms with E-state index in [0.717, 1.165) is 5.56 Å². The zero-order chi connectivity index (χ0) is 15.1. The van der Waals surface area contributed by atoms with Gasteiger partial charge in [-0.1, -0.05) is 6.07 Å². The van der Waals surface area contributed by atoms with Gasteiger partial charge in [0.2, 0.25) is 5.95 Å². The summed E-state index contributed by atoms with van der Waals surface area (Å²) < 4.78 is 10.4. The number of hydrogen-bond acceptors (Lipinski definition) is 5. The highest BCUT2D eigenvalue weighted by Gasteiger charge is 2.03. The molecule has 6 nitrogen and oxygen atoms in total. The quantitative estimate of drug-likeness (QED) is 0.852. The second kappa shape index (κ2) is 7.04. The Morgan fingerprint density at radius 1 is 1.14 bits per heavy atom. The third kappa shape index (κ3) is 4.04. The molecule has 2 aromatic rings. The van der Waals surface area contributed by atoms with E-state index < -0.39 is 0 Å². The van der Waals surface area contributed by atoms with Crippen LogP contribution in [0.5, 0.6) is 11.5 Å². The molecule has 0 radical (unpaired) electrons. The number of nitrogens with zero attached hydrogens (tertiary/aromatic N) is 2. The van der Waals surface area contributed by atoms with Gasteiger partial charge in [-0.2, -0.15) is 0 Å². The summed E-state index contributed by atoms with van der Waals surface area (Å²) in [5, 5.41) is 2.56. The second-order valence-electron chi connectivity index (χ2n) is 4.01. The van der Waals surface area contributed by atoms with Crippen LogP contribution in [0.15, 0.2) is 42.7 Å². The van der Waals surface area contributed by atoms with Crippen LogP contribution >= 0.6 is 0 Å². The van der Waals surface area contributed by atoms with Crippen molar-refractivity contribution in [3.8, 4) is 11.5 Å². The largest absolute Gasteiger partial charge is 0.493 e. The van der Waals surface area contributed by atoms with E-state index in [4.69, 9.17) is 9.47 Å². The van der Waals surface area contributed by atoms with E-state index in [1.54, 1.807) is 50.9 Å². The van der Waals surface area contributed by atoms with Gasteiger partial charge in [0.15, 0.2) is 11.5 Å². The van der Waals surface area contributed by atoms with E-state index >= 15 is 0 Å². The minimum Gasteiger partial charge on any atom is -0.493 e. The van der Waals surface area contributed by atoms with Crippen molar-refractivity contribution in [3.63, 3.8) is 0 Å². The molecule has 0 unspecified atom stereocenters. The molecule has 21 heavy (non-hydrogen) atoms. The number of carbonyl (C=O) groups excluding carboxylic acids is 1. The highest BCUT2D eigenvalue weighted by Crippen LogP contribution is 2.27. The van der Waals surface area contributed by atoms with Gasteiger partial charge in [-0.3, -0.25) is 10.1 Å². The second-order valence-corrected chi connectivity index (χ2v) is 4.01. The summed E-state index contributed by atoms with van der Waals surface area (Å²) in [5.74, 6) is 1.19.